The highest BCUT2D eigenvalue weighted by atomic mass is 16.5. The minimum Gasteiger partial charge on any atom is -0.468 e. The van der Waals surface area contributed by atoms with Gasteiger partial charge >= 0.3 is 5.97 Å². The number of carbonyl (C=O) groups excluding carboxylic acids is 1. The van der Waals surface area contributed by atoms with Crippen LogP contribution < -0.4 is 5.32 Å². The highest BCUT2D eigenvalue weighted by Crippen LogP contribution is 2.15. The van der Waals surface area contributed by atoms with Crippen molar-refractivity contribution < 1.29 is 14.3 Å². The van der Waals surface area contributed by atoms with E-state index in [1.807, 2.05) is 30.3 Å². The molecule has 0 radical (unpaired) electrons. The minimum absolute atomic E-state index is 0.106. The number of nitrogens with one attached hydrogen (secondary N) is 1. The number of hydrogen-bond acceptors (Lipinski definition) is 5. The van der Waals surface area contributed by atoms with Gasteiger partial charge in [-0.2, -0.15) is 0 Å². The van der Waals surface area contributed by atoms with Gasteiger partial charge in [-0.15, -0.1) is 0 Å². The summed E-state index contributed by atoms with van der Waals surface area (Å²) in [7, 11) is 1.41. The normalized spacial score (nSPS) is 21.0. The zero-order chi connectivity index (χ0) is 15.1. The van der Waals surface area contributed by atoms with Crippen molar-refractivity contribution in [1.82, 2.24) is 10.2 Å². The van der Waals surface area contributed by atoms with Crippen LogP contribution in [0.1, 0.15) is 18.5 Å². The van der Waals surface area contributed by atoms with Crippen LogP contribution in [-0.2, 0) is 14.3 Å². The lowest BCUT2D eigenvalue weighted by Gasteiger charge is -2.32. The van der Waals surface area contributed by atoms with Crippen molar-refractivity contribution in [3.63, 3.8) is 0 Å². The van der Waals surface area contributed by atoms with Crippen LogP contribution in [0.3, 0.4) is 0 Å². The first-order valence-corrected chi connectivity index (χ1v) is 7.44. The lowest BCUT2D eigenvalue weighted by molar-refractivity contribution is -0.143. The SMILES string of the molecule is CCN1CCOC(CNC(C(=O)OC)c2ccccc2)C1. The van der Waals surface area contributed by atoms with Gasteiger partial charge in [-0.05, 0) is 12.1 Å². The number of carbonyl (C=O) groups is 1. The number of likely N-dealkylation sites (N-methyl/N-ethyl adjacent to an activating group) is 1. The zero-order valence-electron chi connectivity index (χ0n) is 12.7. The maximum absolute atomic E-state index is 12.0. The van der Waals surface area contributed by atoms with Crippen molar-refractivity contribution in [2.45, 2.75) is 19.1 Å². The largest absolute Gasteiger partial charge is 0.468 e. The predicted octanol–water partition coefficient (Wildman–Crippen LogP) is 1.21. The molecule has 2 atom stereocenters. The summed E-state index contributed by atoms with van der Waals surface area (Å²) in [6.45, 7) is 6.42. The molecule has 1 saturated heterocycles. The maximum atomic E-state index is 12.0. The second kappa shape index (κ2) is 8.12. The summed E-state index contributed by atoms with van der Waals surface area (Å²) in [5.41, 5.74) is 0.910. The third kappa shape index (κ3) is 4.52. The summed E-state index contributed by atoms with van der Waals surface area (Å²) < 4.78 is 10.6. The second-order valence-corrected chi connectivity index (χ2v) is 5.16. The standard InChI is InChI=1S/C16H24N2O3/c1-3-18-9-10-21-14(12-18)11-17-15(16(19)20-2)13-7-5-4-6-8-13/h4-8,14-15,17H,3,9-12H2,1-2H3. The molecular weight excluding hydrogens is 268 g/mol. The minimum atomic E-state index is -0.447. The molecule has 2 rings (SSSR count). The molecule has 0 spiro atoms. The number of esters is 1. The van der Waals surface area contributed by atoms with Gasteiger partial charge in [-0.25, -0.2) is 4.79 Å². The highest BCUT2D eigenvalue weighted by Gasteiger charge is 2.24. The van der Waals surface area contributed by atoms with E-state index in [0.717, 1.165) is 31.8 Å². The molecule has 1 N–H and O–H groups in total. The van der Waals surface area contributed by atoms with E-state index in [1.54, 1.807) is 0 Å². The van der Waals surface area contributed by atoms with Crippen LogP contribution >= 0.6 is 0 Å². The fourth-order valence-corrected chi connectivity index (χ4v) is 2.54. The van der Waals surface area contributed by atoms with Crippen LogP contribution in [0.4, 0.5) is 0 Å². The Kier molecular flexibility index (Phi) is 6.17. The quantitative estimate of drug-likeness (QED) is 0.799. The van der Waals surface area contributed by atoms with E-state index < -0.39 is 6.04 Å². The molecule has 0 aromatic heterocycles. The third-order valence-corrected chi connectivity index (χ3v) is 3.79. The number of ether oxygens (including phenoxy) is 2. The average Bonchev–Trinajstić information content (AvgIpc) is 2.56. The third-order valence-electron chi connectivity index (χ3n) is 3.79. The zero-order valence-corrected chi connectivity index (χ0v) is 12.7. The first kappa shape index (κ1) is 15.9. The van der Waals surface area contributed by atoms with Crippen LogP contribution in [0.2, 0.25) is 0 Å². The van der Waals surface area contributed by atoms with Gasteiger partial charge in [-0.3, -0.25) is 10.2 Å². The fourth-order valence-electron chi connectivity index (χ4n) is 2.54. The fraction of sp³-hybridized carbons (Fsp3) is 0.562. The van der Waals surface area contributed by atoms with Crippen LogP contribution in [0, 0.1) is 0 Å². The van der Waals surface area contributed by atoms with Crippen LogP contribution in [0.5, 0.6) is 0 Å². The molecule has 5 heteroatoms. The van der Waals surface area contributed by atoms with Crippen molar-refractivity contribution in [3.8, 4) is 0 Å². The molecule has 0 bridgehead atoms. The van der Waals surface area contributed by atoms with Gasteiger partial charge in [0.2, 0.25) is 0 Å². The number of benzene rings is 1. The van der Waals surface area contributed by atoms with Crippen LogP contribution in [0.25, 0.3) is 0 Å². The van der Waals surface area contributed by atoms with E-state index in [2.05, 4.69) is 17.1 Å². The van der Waals surface area contributed by atoms with Crippen LogP contribution in [-0.4, -0.2) is 56.9 Å². The molecule has 21 heavy (non-hydrogen) atoms. The van der Waals surface area contributed by atoms with E-state index in [9.17, 15) is 4.79 Å². The molecule has 2 unspecified atom stereocenters. The molecule has 1 heterocycles. The van der Waals surface area contributed by atoms with Crippen molar-refractivity contribution >= 4 is 5.97 Å². The van der Waals surface area contributed by atoms with Gasteiger partial charge in [0.25, 0.3) is 0 Å². The Balaban J connectivity index is 1.95. The molecule has 0 amide bonds. The molecule has 1 aliphatic rings. The number of morpholine rings is 1. The lowest BCUT2D eigenvalue weighted by Crippen LogP contribution is -2.47. The average molecular weight is 292 g/mol. The van der Waals surface area contributed by atoms with E-state index in [0.29, 0.717) is 6.54 Å². The number of methoxy groups -OCH3 is 1. The van der Waals surface area contributed by atoms with E-state index in [-0.39, 0.29) is 12.1 Å². The lowest BCUT2D eigenvalue weighted by atomic mass is 10.1. The number of hydrogen-bond donors (Lipinski definition) is 1. The summed E-state index contributed by atoms with van der Waals surface area (Å²) in [4.78, 5) is 14.3. The van der Waals surface area contributed by atoms with Gasteiger partial charge in [0.1, 0.15) is 6.04 Å². The Hall–Kier alpha value is -1.43. The predicted molar refractivity (Wildman–Crippen MR) is 81.1 cm³/mol. The Labute approximate surface area is 126 Å². The van der Waals surface area contributed by atoms with Crippen molar-refractivity contribution in [3.05, 3.63) is 35.9 Å². The first-order valence-electron chi connectivity index (χ1n) is 7.44. The summed E-state index contributed by atoms with van der Waals surface area (Å²) in [5.74, 6) is -0.274. The van der Waals surface area contributed by atoms with Gasteiger partial charge in [0, 0.05) is 19.6 Å². The summed E-state index contributed by atoms with van der Waals surface area (Å²) >= 11 is 0. The Bertz CT molecular complexity index is 438. The molecule has 0 saturated carbocycles. The molecule has 116 valence electrons. The van der Waals surface area contributed by atoms with Crippen LogP contribution in [0.15, 0.2) is 30.3 Å². The second-order valence-electron chi connectivity index (χ2n) is 5.16. The number of nitrogens with zero attached hydrogens (tertiary/aromatic N) is 1. The molecule has 0 aliphatic carbocycles. The summed E-state index contributed by atoms with van der Waals surface area (Å²) in [6, 6.07) is 9.17. The molecule has 1 aromatic rings. The van der Waals surface area contributed by atoms with Gasteiger partial charge < -0.3 is 9.47 Å². The van der Waals surface area contributed by atoms with Gasteiger partial charge in [0.05, 0.1) is 19.8 Å². The van der Waals surface area contributed by atoms with Crippen molar-refractivity contribution in [2.75, 3.05) is 39.9 Å². The maximum Gasteiger partial charge on any atom is 0.327 e. The van der Waals surface area contributed by atoms with Crippen molar-refractivity contribution in [2.24, 2.45) is 0 Å². The number of rotatable bonds is 6. The van der Waals surface area contributed by atoms with Crippen molar-refractivity contribution in [1.29, 1.82) is 0 Å². The Morgan fingerprint density at radius 1 is 1.48 bits per heavy atom. The van der Waals surface area contributed by atoms with E-state index in [1.165, 1.54) is 7.11 Å². The molecule has 1 aliphatic heterocycles. The first-order chi connectivity index (χ1) is 10.2. The molecule has 5 nitrogen and oxygen atoms in total. The van der Waals surface area contributed by atoms with E-state index in [4.69, 9.17) is 9.47 Å². The molecule has 1 fully saturated rings. The topological polar surface area (TPSA) is 50.8 Å². The van der Waals surface area contributed by atoms with Gasteiger partial charge in [-0.1, -0.05) is 37.3 Å². The Morgan fingerprint density at radius 3 is 2.90 bits per heavy atom. The smallest absolute Gasteiger partial charge is 0.327 e. The molecular formula is C16H24N2O3. The monoisotopic (exact) mass is 292 g/mol. The molecule has 1 aromatic carbocycles. The Morgan fingerprint density at radius 2 is 2.24 bits per heavy atom. The highest BCUT2D eigenvalue weighted by molar-refractivity contribution is 5.77. The summed E-state index contributed by atoms with van der Waals surface area (Å²) in [5, 5.41) is 3.27. The van der Waals surface area contributed by atoms with E-state index >= 15 is 0 Å². The summed E-state index contributed by atoms with van der Waals surface area (Å²) in [6.07, 6.45) is 0.106. The van der Waals surface area contributed by atoms with Gasteiger partial charge in [0.15, 0.2) is 0 Å².